The fourth-order valence-electron chi connectivity index (χ4n) is 2.78. The van der Waals surface area contributed by atoms with Crippen LogP contribution in [0.4, 0.5) is 0 Å². The summed E-state index contributed by atoms with van der Waals surface area (Å²) >= 11 is 0. The van der Waals surface area contributed by atoms with E-state index in [0.717, 1.165) is 24.5 Å². The average Bonchev–Trinajstić information content (AvgIpc) is 3.73. The molecule has 2 unspecified atom stereocenters. The van der Waals surface area contributed by atoms with Crippen molar-refractivity contribution in [1.29, 1.82) is 0 Å². The van der Waals surface area contributed by atoms with Gasteiger partial charge < -0.3 is 23.7 Å². The van der Waals surface area contributed by atoms with E-state index in [1.807, 2.05) is 24.3 Å². The lowest BCUT2D eigenvalue weighted by atomic mass is 10.2. The van der Waals surface area contributed by atoms with E-state index in [2.05, 4.69) is 9.97 Å². The smallest absolute Gasteiger partial charge is 0.343 e. The minimum atomic E-state index is -0.491. The normalized spacial score (nSPS) is 18.8. The lowest BCUT2D eigenvalue weighted by Gasteiger charge is -2.07. The lowest BCUT2D eigenvalue weighted by molar-refractivity contribution is 0.0733. The standard InChI is InChI=1S/C23H20N2O6/c26-23(16-3-7-18(8-4-16)28-12-21-14-30-21)31-19-9-24-22(25-10-19)15-1-5-17(6-2-15)27-11-20-13-29-20/h1-10,20-21H,11-14H2. The Morgan fingerprint density at radius 3 is 1.84 bits per heavy atom. The van der Waals surface area contributed by atoms with E-state index in [-0.39, 0.29) is 18.0 Å². The monoisotopic (exact) mass is 420 g/mol. The topological polar surface area (TPSA) is 95.6 Å². The highest BCUT2D eigenvalue weighted by atomic mass is 16.6. The lowest BCUT2D eigenvalue weighted by Crippen LogP contribution is -2.09. The van der Waals surface area contributed by atoms with Gasteiger partial charge in [0, 0.05) is 5.56 Å². The first-order valence-corrected chi connectivity index (χ1v) is 9.96. The van der Waals surface area contributed by atoms with Crippen molar-refractivity contribution in [3.8, 4) is 28.6 Å². The van der Waals surface area contributed by atoms with Gasteiger partial charge in [-0.3, -0.25) is 0 Å². The van der Waals surface area contributed by atoms with E-state index >= 15 is 0 Å². The fourth-order valence-corrected chi connectivity index (χ4v) is 2.78. The van der Waals surface area contributed by atoms with Crippen LogP contribution in [0.15, 0.2) is 60.9 Å². The zero-order valence-electron chi connectivity index (χ0n) is 16.6. The second kappa shape index (κ2) is 8.71. The molecule has 2 fully saturated rings. The summed E-state index contributed by atoms with van der Waals surface area (Å²) in [4.78, 5) is 20.9. The third-order valence-corrected chi connectivity index (χ3v) is 4.72. The SMILES string of the molecule is O=C(Oc1cnc(-c2ccc(OCC3CO3)cc2)nc1)c1ccc(OCC2CO2)cc1. The third-order valence-electron chi connectivity index (χ3n) is 4.72. The molecule has 2 aliphatic rings. The molecule has 0 N–H and O–H groups in total. The first-order valence-electron chi connectivity index (χ1n) is 9.96. The van der Waals surface area contributed by atoms with Gasteiger partial charge in [0.15, 0.2) is 11.6 Å². The summed E-state index contributed by atoms with van der Waals surface area (Å²) in [5, 5.41) is 0. The van der Waals surface area contributed by atoms with E-state index < -0.39 is 5.97 Å². The zero-order chi connectivity index (χ0) is 21.0. The molecule has 0 radical (unpaired) electrons. The first kappa shape index (κ1) is 19.5. The van der Waals surface area contributed by atoms with Crippen molar-refractivity contribution >= 4 is 5.97 Å². The maximum atomic E-state index is 12.3. The van der Waals surface area contributed by atoms with Crippen LogP contribution in [0.25, 0.3) is 11.4 Å². The Kier molecular flexibility index (Phi) is 5.47. The highest BCUT2D eigenvalue weighted by molar-refractivity contribution is 5.91. The van der Waals surface area contributed by atoms with E-state index in [1.165, 1.54) is 12.4 Å². The van der Waals surface area contributed by atoms with Crippen molar-refractivity contribution in [2.75, 3.05) is 26.4 Å². The molecule has 31 heavy (non-hydrogen) atoms. The van der Waals surface area contributed by atoms with Crippen LogP contribution in [0.5, 0.6) is 17.2 Å². The number of esters is 1. The van der Waals surface area contributed by atoms with Crippen molar-refractivity contribution in [3.63, 3.8) is 0 Å². The number of aromatic nitrogens is 2. The number of nitrogens with zero attached hydrogens (tertiary/aromatic N) is 2. The molecule has 2 aromatic carbocycles. The molecule has 8 nitrogen and oxygen atoms in total. The minimum Gasteiger partial charge on any atom is -0.491 e. The van der Waals surface area contributed by atoms with Crippen LogP contribution in [0.2, 0.25) is 0 Å². The first-order chi connectivity index (χ1) is 15.2. The van der Waals surface area contributed by atoms with Crippen LogP contribution in [0.1, 0.15) is 10.4 Å². The second-order valence-electron chi connectivity index (χ2n) is 7.21. The molecule has 0 bridgehead atoms. The molecule has 8 heteroatoms. The number of carbonyl (C=O) groups is 1. The molecule has 2 saturated heterocycles. The number of carbonyl (C=O) groups excluding carboxylic acids is 1. The van der Waals surface area contributed by atoms with Crippen LogP contribution >= 0.6 is 0 Å². The molecule has 3 heterocycles. The number of rotatable bonds is 9. The van der Waals surface area contributed by atoms with Crippen LogP contribution < -0.4 is 14.2 Å². The number of hydrogen-bond donors (Lipinski definition) is 0. The highest BCUT2D eigenvalue weighted by Crippen LogP contribution is 2.22. The second-order valence-corrected chi connectivity index (χ2v) is 7.21. The number of ether oxygens (including phenoxy) is 5. The van der Waals surface area contributed by atoms with Gasteiger partial charge in [-0.05, 0) is 48.5 Å². The summed E-state index contributed by atoms with van der Waals surface area (Å²) < 4.78 is 26.8. The van der Waals surface area contributed by atoms with Crippen LogP contribution in [0, 0.1) is 0 Å². The molecule has 0 amide bonds. The predicted molar refractivity (Wildman–Crippen MR) is 109 cm³/mol. The Hall–Kier alpha value is -3.49. The third kappa shape index (κ3) is 5.36. The molecule has 2 atom stereocenters. The van der Waals surface area contributed by atoms with E-state index in [9.17, 15) is 4.79 Å². The van der Waals surface area contributed by atoms with Crippen LogP contribution in [0.3, 0.4) is 0 Å². The minimum absolute atomic E-state index is 0.182. The van der Waals surface area contributed by atoms with E-state index in [4.69, 9.17) is 23.7 Å². The molecule has 3 aromatic rings. The van der Waals surface area contributed by atoms with Crippen molar-refractivity contribution < 1.29 is 28.5 Å². The molecule has 2 aliphatic heterocycles. The highest BCUT2D eigenvalue weighted by Gasteiger charge is 2.23. The number of benzene rings is 2. The molecule has 0 saturated carbocycles. The Morgan fingerprint density at radius 2 is 1.32 bits per heavy atom. The Labute approximate surface area is 178 Å². The summed E-state index contributed by atoms with van der Waals surface area (Å²) in [5.41, 5.74) is 1.24. The van der Waals surface area contributed by atoms with Gasteiger partial charge in [-0.25, -0.2) is 14.8 Å². The van der Waals surface area contributed by atoms with Gasteiger partial charge in [-0.2, -0.15) is 0 Å². The molecule has 0 spiro atoms. The summed E-state index contributed by atoms with van der Waals surface area (Å²) in [6.45, 7) is 2.57. The average molecular weight is 420 g/mol. The number of epoxide rings is 2. The predicted octanol–water partition coefficient (Wildman–Crippen LogP) is 2.92. The summed E-state index contributed by atoms with van der Waals surface area (Å²) in [6.07, 6.45) is 3.35. The van der Waals surface area contributed by atoms with Gasteiger partial charge in [-0.1, -0.05) is 0 Å². The molecule has 0 aliphatic carbocycles. The maximum absolute atomic E-state index is 12.3. The zero-order valence-corrected chi connectivity index (χ0v) is 16.6. The Balaban J connectivity index is 1.16. The largest absolute Gasteiger partial charge is 0.491 e. The number of hydrogen-bond acceptors (Lipinski definition) is 8. The van der Waals surface area contributed by atoms with Crippen molar-refractivity contribution in [2.24, 2.45) is 0 Å². The molecule has 158 valence electrons. The maximum Gasteiger partial charge on any atom is 0.343 e. The summed E-state index contributed by atoms with van der Waals surface area (Å²) in [5.74, 6) is 1.75. The van der Waals surface area contributed by atoms with E-state index in [0.29, 0.717) is 30.4 Å². The Morgan fingerprint density at radius 1 is 0.806 bits per heavy atom. The van der Waals surface area contributed by atoms with Gasteiger partial charge >= 0.3 is 5.97 Å². The van der Waals surface area contributed by atoms with Gasteiger partial charge in [0.05, 0.1) is 31.2 Å². The van der Waals surface area contributed by atoms with Gasteiger partial charge in [-0.15, -0.1) is 0 Å². The molecule has 1 aromatic heterocycles. The van der Waals surface area contributed by atoms with Crippen molar-refractivity contribution in [3.05, 3.63) is 66.5 Å². The van der Waals surface area contributed by atoms with Crippen LogP contribution in [-0.2, 0) is 9.47 Å². The van der Waals surface area contributed by atoms with Crippen molar-refractivity contribution in [1.82, 2.24) is 9.97 Å². The summed E-state index contributed by atoms with van der Waals surface area (Å²) in [7, 11) is 0. The Bertz CT molecular complexity index is 1030. The molecular weight excluding hydrogens is 400 g/mol. The summed E-state index contributed by atoms with van der Waals surface area (Å²) in [6, 6.07) is 14.2. The van der Waals surface area contributed by atoms with Gasteiger partial charge in [0.25, 0.3) is 0 Å². The van der Waals surface area contributed by atoms with E-state index in [1.54, 1.807) is 24.3 Å². The quantitative estimate of drug-likeness (QED) is 0.385. The molecular formula is C23H20N2O6. The fraction of sp³-hybridized carbons (Fsp3) is 0.261. The van der Waals surface area contributed by atoms with Crippen LogP contribution in [-0.4, -0.2) is 54.6 Å². The molecule has 5 rings (SSSR count). The van der Waals surface area contributed by atoms with Crippen molar-refractivity contribution in [2.45, 2.75) is 12.2 Å². The van der Waals surface area contributed by atoms with Gasteiger partial charge in [0.1, 0.15) is 36.9 Å². The van der Waals surface area contributed by atoms with Gasteiger partial charge in [0.2, 0.25) is 0 Å².